The zero-order valence-corrected chi connectivity index (χ0v) is 10.8. The molecule has 3 heteroatoms. The van der Waals surface area contributed by atoms with Crippen LogP contribution in [-0.2, 0) is 0 Å². The molecule has 1 unspecified atom stereocenters. The van der Waals surface area contributed by atoms with Gasteiger partial charge in [0.2, 0.25) is 0 Å². The molecule has 0 N–H and O–H groups in total. The van der Waals surface area contributed by atoms with E-state index in [-0.39, 0.29) is 5.25 Å². The summed E-state index contributed by atoms with van der Waals surface area (Å²) in [6.45, 7) is 0. The molecule has 1 atom stereocenters. The van der Waals surface area contributed by atoms with Gasteiger partial charge in [0.1, 0.15) is 0 Å². The van der Waals surface area contributed by atoms with Gasteiger partial charge in [0.25, 0.3) is 0 Å². The molecule has 1 aliphatic rings. The smallest absolute Gasteiger partial charge is 0.175 e. The van der Waals surface area contributed by atoms with Crippen LogP contribution in [0.3, 0.4) is 0 Å². The molecule has 0 aliphatic carbocycles. The molecule has 1 aromatic rings. The van der Waals surface area contributed by atoms with Crippen LogP contribution in [0.25, 0.3) is 0 Å². The summed E-state index contributed by atoms with van der Waals surface area (Å²) in [6, 6.07) is 7.69. The van der Waals surface area contributed by atoms with Gasteiger partial charge in [-0.25, -0.2) is 0 Å². The fraction of sp³-hybridized carbons (Fsp3) is 0.417. The molecule has 1 nitrogen and oxygen atoms in total. The summed E-state index contributed by atoms with van der Waals surface area (Å²) in [5, 5.41) is 0.188. The number of carbonyl (C=O) groups excluding carboxylic acids is 1. The van der Waals surface area contributed by atoms with Gasteiger partial charge in [-0.3, -0.25) is 4.79 Å². The van der Waals surface area contributed by atoms with Crippen molar-refractivity contribution in [3.05, 3.63) is 34.3 Å². The van der Waals surface area contributed by atoms with Gasteiger partial charge in [0.15, 0.2) is 5.78 Å². The van der Waals surface area contributed by atoms with Gasteiger partial charge in [-0.1, -0.05) is 34.5 Å². The Morgan fingerprint density at radius 1 is 1.40 bits per heavy atom. The predicted molar refractivity (Wildman–Crippen MR) is 68.6 cm³/mol. The number of benzene rings is 1. The largest absolute Gasteiger partial charge is 0.293 e. The van der Waals surface area contributed by atoms with E-state index >= 15 is 0 Å². The average molecular weight is 285 g/mol. The Kier molecular flexibility index (Phi) is 3.87. The number of hydrogen-bond donors (Lipinski definition) is 0. The van der Waals surface area contributed by atoms with E-state index in [1.165, 1.54) is 12.8 Å². The number of Topliss-reactive ketones (excluding diaryl/α,β-unsaturated/α-hetero) is 1. The zero-order valence-electron chi connectivity index (χ0n) is 8.41. The Labute approximate surface area is 103 Å². The fourth-order valence-corrected chi connectivity index (χ4v) is 3.45. The van der Waals surface area contributed by atoms with E-state index in [9.17, 15) is 4.79 Å². The van der Waals surface area contributed by atoms with Gasteiger partial charge in [-0.05, 0) is 30.7 Å². The van der Waals surface area contributed by atoms with Gasteiger partial charge < -0.3 is 0 Å². The SMILES string of the molecule is O=C(c1cccc(Br)c1)C1CCCCS1. The molecule has 1 heterocycles. The van der Waals surface area contributed by atoms with E-state index < -0.39 is 0 Å². The van der Waals surface area contributed by atoms with E-state index in [1.807, 2.05) is 36.0 Å². The number of halogens is 1. The molecule has 1 aromatic carbocycles. The maximum absolute atomic E-state index is 12.1. The summed E-state index contributed by atoms with van der Waals surface area (Å²) >= 11 is 5.20. The second kappa shape index (κ2) is 5.17. The first kappa shape index (κ1) is 11.2. The highest BCUT2D eigenvalue weighted by Crippen LogP contribution is 2.28. The summed E-state index contributed by atoms with van der Waals surface area (Å²) in [5.74, 6) is 1.42. The van der Waals surface area contributed by atoms with Crippen molar-refractivity contribution in [3.8, 4) is 0 Å². The highest BCUT2D eigenvalue weighted by Gasteiger charge is 2.22. The molecule has 1 aliphatic heterocycles. The highest BCUT2D eigenvalue weighted by atomic mass is 79.9. The normalized spacial score (nSPS) is 21.3. The summed E-state index contributed by atoms with van der Waals surface area (Å²) in [6.07, 6.45) is 3.49. The molecule has 0 spiro atoms. The third kappa shape index (κ3) is 2.85. The maximum atomic E-state index is 12.1. The van der Waals surface area contributed by atoms with Crippen molar-refractivity contribution < 1.29 is 4.79 Å². The van der Waals surface area contributed by atoms with Crippen molar-refractivity contribution in [2.45, 2.75) is 24.5 Å². The van der Waals surface area contributed by atoms with Crippen molar-refractivity contribution in [3.63, 3.8) is 0 Å². The van der Waals surface area contributed by atoms with Crippen molar-refractivity contribution in [1.82, 2.24) is 0 Å². The number of carbonyl (C=O) groups is 1. The van der Waals surface area contributed by atoms with E-state index in [2.05, 4.69) is 15.9 Å². The van der Waals surface area contributed by atoms with Crippen LogP contribution >= 0.6 is 27.7 Å². The lowest BCUT2D eigenvalue weighted by atomic mass is 10.0. The highest BCUT2D eigenvalue weighted by molar-refractivity contribution is 9.10. The molecule has 15 heavy (non-hydrogen) atoms. The Balaban J connectivity index is 2.12. The summed E-state index contributed by atoms with van der Waals surface area (Å²) in [5.41, 5.74) is 0.837. The van der Waals surface area contributed by atoms with Gasteiger partial charge in [0, 0.05) is 10.0 Å². The van der Waals surface area contributed by atoms with Crippen LogP contribution in [0, 0.1) is 0 Å². The average Bonchev–Trinajstić information content (AvgIpc) is 2.29. The minimum absolute atomic E-state index is 0.188. The monoisotopic (exact) mass is 284 g/mol. The topological polar surface area (TPSA) is 17.1 Å². The predicted octanol–water partition coefficient (Wildman–Crippen LogP) is 3.92. The molecular formula is C12H13BrOS. The molecule has 2 rings (SSSR count). The first-order valence-electron chi connectivity index (χ1n) is 5.19. The van der Waals surface area contributed by atoms with Crippen LogP contribution < -0.4 is 0 Å². The zero-order chi connectivity index (χ0) is 10.7. The Hall–Kier alpha value is -0.280. The minimum Gasteiger partial charge on any atom is -0.293 e. The van der Waals surface area contributed by atoms with Crippen molar-refractivity contribution in [1.29, 1.82) is 0 Å². The molecule has 0 radical (unpaired) electrons. The van der Waals surface area contributed by atoms with Crippen LogP contribution in [0.2, 0.25) is 0 Å². The molecule has 1 saturated heterocycles. The molecule has 80 valence electrons. The third-order valence-corrected chi connectivity index (χ3v) is 4.45. The lowest BCUT2D eigenvalue weighted by Gasteiger charge is -2.19. The molecule has 1 fully saturated rings. The molecule has 0 amide bonds. The summed E-state index contributed by atoms with van der Waals surface area (Å²) in [4.78, 5) is 12.1. The van der Waals surface area contributed by atoms with Crippen LogP contribution in [0.1, 0.15) is 29.6 Å². The van der Waals surface area contributed by atoms with Crippen molar-refractivity contribution in [2.75, 3.05) is 5.75 Å². The molecule has 0 aromatic heterocycles. The number of hydrogen-bond acceptors (Lipinski definition) is 2. The van der Waals surface area contributed by atoms with Gasteiger partial charge >= 0.3 is 0 Å². The quantitative estimate of drug-likeness (QED) is 0.766. The van der Waals surface area contributed by atoms with E-state index in [1.54, 1.807) is 0 Å². The van der Waals surface area contributed by atoms with Gasteiger partial charge in [0.05, 0.1) is 5.25 Å². The second-order valence-electron chi connectivity index (χ2n) is 3.73. The third-order valence-electron chi connectivity index (χ3n) is 2.58. The number of thioether (sulfide) groups is 1. The number of ketones is 1. The minimum atomic E-state index is 0.188. The van der Waals surface area contributed by atoms with Crippen molar-refractivity contribution >= 4 is 33.5 Å². The lowest BCUT2D eigenvalue weighted by molar-refractivity contribution is 0.0985. The van der Waals surface area contributed by atoms with E-state index in [4.69, 9.17) is 0 Å². The first-order chi connectivity index (χ1) is 7.27. The molecular weight excluding hydrogens is 272 g/mol. The maximum Gasteiger partial charge on any atom is 0.175 e. The lowest BCUT2D eigenvalue weighted by Crippen LogP contribution is -2.20. The second-order valence-corrected chi connectivity index (χ2v) is 5.96. The fourth-order valence-electron chi connectivity index (χ4n) is 1.78. The summed E-state index contributed by atoms with van der Waals surface area (Å²) < 4.78 is 0.981. The van der Waals surface area contributed by atoms with Crippen LogP contribution in [0.5, 0.6) is 0 Å². The molecule has 0 saturated carbocycles. The Morgan fingerprint density at radius 3 is 2.93 bits per heavy atom. The summed E-state index contributed by atoms with van der Waals surface area (Å²) in [7, 11) is 0. The van der Waals surface area contributed by atoms with Crippen LogP contribution in [0.4, 0.5) is 0 Å². The van der Waals surface area contributed by atoms with Crippen LogP contribution in [-0.4, -0.2) is 16.8 Å². The number of rotatable bonds is 2. The standard InChI is InChI=1S/C12H13BrOS/c13-10-5-3-4-9(8-10)12(14)11-6-1-2-7-15-11/h3-5,8,11H,1-2,6-7H2. The Morgan fingerprint density at radius 2 is 2.27 bits per heavy atom. The van der Waals surface area contributed by atoms with Crippen LogP contribution in [0.15, 0.2) is 28.7 Å². The molecule has 0 bridgehead atoms. The first-order valence-corrected chi connectivity index (χ1v) is 7.03. The van der Waals surface area contributed by atoms with Gasteiger partial charge in [-0.2, -0.15) is 11.8 Å². The van der Waals surface area contributed by atoms with E-state index in [0.717, 1.165) is 22.2 Å². The van der Waals surface area contributed by atoms with E-state index in [0.29, 0.717) is 5.78 Å². The Bertz CT molecular complexity index is 358. The van der Waals surface area contributed by atoms with Crippen molar-refractivity contribution in [2.24, 2.45) is 0 Å². The van der Waals surface area contributed by atoms with Gasteiger partial charge in [-0.15, -0.1) is 0 Å².